The first-order chi connectivity index (χ1) is 13.4. The second-order valence-corrected chi connectivity index (χ2v) is 7.73. The smallest absolute Gasteiger partial charge is 0.323 e. The zero-order valence-electron chi connectivity index (χ0n) is 17.0. The van der Waals surface area contributed by atoms with E-state index in [4.69, 9.17) is 5.11 Å². The SMILES string of the molecule is CC(=O)N(CC(=O)O)C1CCCN(C(=O)C(C)CCCc2ccccc2)CC1. The molecule has 2 unspecified atom stereocenters. The Kier molecular flexibility index (Phi) is 8.48. The number of hydrogen-bond acceptors (Lipinski definition) is 3. The van der Waals surface area contributed by atoms with Gasteiger partial charge in [0.1, 0.15) is 6.54 Å². The molecule has 0 spiro atoms. The van der Waals surface area contributed by atoms with Crippen LogP contribution in [-0.2, 0) is 20.8 Å². The summed E-state index contributed by atoms with van der Waals surface area (Å²) >= 11 is 0. The number of rotatable bonds is 8. The number of carbonyl (C=O) groups excluding carboxylic acids is 2. The van der Waals surface area contributed by atoms with Gasteiger partial charge in [-0.2, -0.15) is 0 Å². The highest BCUT2D eigenvalue weighted by Crippen LogP contribution is 2.20. The third-order valence-corrected chi connectivity index (χ3v) is 5.53. The fourth-order valence-electron chi connectivity index (χ4n) is 3.95. The molecule has 6 heteroatoms. The quantitative estimate of drug-likeness (QED) is 0.743. The molecule has 2 rings (SSSR count). The molecule has 1 aliphatic heterocycles. The van der Waals surface area contributed by atoms with Crippen LogP contribution < -0.4 is 0 Å². The van der Waals surface area contributed by atoms with E-state index in [0.29, 0.717) is 19.5 Å². The number of carbonyl (C=O) groups is 3. The lowest BCUT2D eigenvalue weighted by Gasteiger charge is -2.29. The predicted molar refractivity (Wildman–Crippen MR) is 108 cm³/mol. The van der Waals surface area contributed by atoms with E-state index in [1.165, 1.54) is 17.4 Å². The van der Waals surface area contributed by atoms with Crippen LogP contribution in [0.4, 0.5) is 0 Å². The fourth-order valence-corrected chi connectivity index (χ4v) is 3.95. The molecule has 1 aromatic rings. The number of aryl methyl sites for hydroxylation is 1. The number of hydrogen-bond donors (Lipinski definition) is 1. The van der Waals surface area contributed by atoms with E-state index in [1.807, 2.05) is 30.0 Å². The standard InChI is InChI=1S/C22H32N2O4/c1-17(8-6-11-19-9-4-3-5-10-19)22(28)23-14-7-12-20(13-15-23)24(18(2)25)16-21(26)27/h3-5,9-10,17,20H,6-8,11-16H2,1-2H3,(H,26,27). The maximum Gasteiger partial charge on any atom is 0.323 e. The van der Waals surface area contributed by atoms with Crippen LogP contribution in [-0.4, -0.2) is 58.4 Å². The first-order valence-corrected chi connectivity index (χ1v) is 10.2. The first kappa shape index (κ1) is 21.9. The molecule has 1 heterocycles. The van der Waals surface area contributed by atoms with Gasteiger partial charge in [-0.1, -0.05) is 37.3 Å². The highest BCUT2D eigenvalue weighted by molar-refractivity contribution is 5.80. The van der Waals surface area contributed by atoms with Crippen LogP contribution in [0, 0.1) is 5.92 Å². The van der Waals surface area contributed by atoms with Gasteiger partial charge in [0, 0.05) is 32.0 Å². The molecule has 28 heavy (non-hydrogen) atoms. The van der Waals surface area contributed by atoms with E-state index in [2.05, 4.69) is 12.1 Å². The number of carboxylic acids is 1. The van der Waals surface area contributed by atoms with Crippen LogP contribution >= 0.6 is 0 Å². The monoisotopic (exact) mass is 388 g/mol. The van der Waals surface area contributed by atoms with Gasteiger partial charge in [-0.05, 0) is 44.1 Å². The summed E-state index contributed by atoms with van der Waals surface area (Å²) in [5, 5.41) is 9.05. The Morgan fingerprint density at radius 1 is 1.18 bits per heavy atom. The van der Waals surface area contributed by atoms with Crippen molar-refractivity contribution in [1.82, 2.24) is 9.80 Å². The van der Waals surface area contributed by atoms with Gasteiger partial charge < -0.3 is 14.9 Å². The third-order valence-electron chi connectivity index (χ3n) is 5.53. The lowest BCUT2D eigenvalue weighted by molar-refractivity contribution is -0.145. The van der Waals surface area contributed by atoms with Gasteiger partial charge in [0.25, 0.3) is 0 Å². The maximum atomic E-state index is 12.8. The van der Waals surface area contributed by atoms with E-state index >= 15 is 0 Å². The Balaban J connectivity index is 1.83. The number of carboxylic acid groups (broad SMARTS) is 1. The van der Waals surface area contributed by atoms with Crippen molar-refractivity contribution in [2.75, 3.05) is 19.6 Å². The summed E-state index contributed by atoms with van der Waals surface area (Å²) in [5.74, 6) is -1.08. The van der Waals surface area contributed by atoms with Gasteiger partial charge in [0.15, 0.2) is 0 Å². The van der Waals surface area contributed by atoms with Crippen molar-refractivity contribution < 1.29 is 19.5 Å². The molecule has 1 fully saturated rings. The highest BCUT2D eigenvalue weighted by Gasteiger charge is 2.28. The van der Waals surface area contributed by atoms with Crippen molar-refractivity contribution in [3.8, 4) is 0 Å². The fraction of sp³-hybridized carbons (Fsp3) is 0.591. The summed E-state index contributed by atoms with van der Waals surface area (Å²) in [7, 11) is 0. The highest BCUT2D eigenvalue weighted by atomic mass is 16.4. The van der Waals surface area contributed by atoms with Crippen LogP contribution in [0.15, 0.2) is 30.3 Å². The zero-order chi connectivity index (χ0) is 20.5. The van der Waals surface area contributed by atoms with Crippen LogP contribution in [0.2, 0.25) is 0 Å². The number of benzene rings is 1. The Labute approximate surface area is 167 Å². The molecule has 0 radical (unpaired) electrons. The van der Waals surface area contributed by atoms with Crippen molar-refractivity contribution in [3.05, 3.63) is 35.9 Å². The topological polar surface area (TPSA) is 77.9 Å². The van der Waals surface area contributed by atoms with Gasteiger partial charge in [-0.25, -0.2) is 0 Å². The molecular weight excluding hydrogens is 356 g/mol. The van der Waals surface area contributed by atoms with E-state index in [0.717, 1.165) is 32.1 Å². The van der Waals surface area contributed by atoms with Crippen LogP contribution in [0.5, 0.6) is 0 Å². The molecule has 154 valence electrons. The van der Waals surface area contributed by atoms with Gasteiger partial charge in [-0.3, -0.25) is 14.4 Å². The minimum absolute atomic E-state index is 0.0248. The molecule has 6 nitrogen and oxygen atoms in total. The molecular formula is C22H32N2O4. The molecule has 1 saturated heterocycles. The summed E-state index contributed by atoms with van der Waals surface area (Å²) in [5.41, 5.74) is 1.29. The lowest BCUT2D eigenvalue weighted by Crippen LogP contribution is -2.43. The van der Waals surface area contributed by atoms with Gasteiger partial charge in [-0.15, -0.1) is 0 Å². The Bertz CT molecular complexity index is 662. The Morgan fingerprint density at radius 3 is 2.54 bits per heavy atom. The normalized spacial score (nSPS) is 18.2. The maximum absolute atomic E-state index is 12.8. The average molecular weight is 389 g/mol. The zero-order valence-corrected chi connectivity index (χ0v) is 17.0. The third kappa shape index (κ3) is 6.66. The molecule has 2 atom stereocenters. The minimum Gasteiger partial charge on any atom is -0.480 e. The summed E-state index contributed by atoms with van der Waals surface area (Å²) < 4.78 is 0. The largest absolute Gasteiger partial charge is 0.480 e. The molecule has 1 aromatic carbocycles. The second kappa shape index (κ2) is 10.8. The van der Waals surface area contributed by atoms with E-state index in [9.17, 15) is 14.4 Å². The van der Waals surface area contributed by atoms with Crippen molar-refractivity contribution in [3.63, 3.8) is 0 Å². The second-order valence-electron chi connectivity index (χ2n) is 7.73. The average Bonchev–Trinajstić information content (AvgIpc) is 2.92. The van der Waals surface area contributed by atoms with Crippen molar-refractivity contribution in [2.24, 2.45) is 5.92 Å². The van der Waals surface area contributed by atoms with Crippen molar-refractivity contribution >= 4 is 17.8 Å². The van der Waals surface area contributed by atoms with E-state index in [-0.39, 0.29) is 30.3 Å². The molecule has 0 aromatic heterocycles. The number of nitrogens with zero attached hydrogens (tertiary/aromatic N) is 2. The summed E-state index contributed by atoms with van der Waals surface area (Å²) in [4.78, 5) is 39.0. The lowest BCUT2D eigenvalue weighted by atomic mass is 9.99. The molecule has 0 bridgehead atoms. The van der Waals surface area contributed by atoms with E-state index < -0.39 is 5.97 Å². The van der Waals surface area contributed by atoms with Crippen LogP contribution in [0.3, 0.4) is 0 Å². The molecule has 0 saturated carbocycles. The van der Waals surface area contributed by atoms with Crippen LogP contribution in [0.25, 0.3) is 0 Å². The van der Waals surface area contributed by atoms with Gasteiger partial charge in [0.05, 0.1) is 0 Å². The summed E-state index contributed by atoms with van der Waals surface area (Å²) in [6, 6.07) is 10.2. The number of aliphatic carboxylic acids is 1. The Morgan fingerprint density at radius 2 is 1.89 bits per heavy atom. The van der Waals surface area contributed by atoms with E-state index in [1.54, 1.807) is 0 Å². The van der Waals surface area contributed by atoms with Crippen molar-refractivity contribution in [2.45, 2.75) is 58.4 Å². The first-order valence-electron chi connectivity index (χ1n) is 10.2. The number of amides is 2. The molecule has 1 N–H and O–H groups in total. The Hall–Kier alpha value is -2.37. The van der Waals surface area contributed by atoms with Crippen molar-refractivity contribution in [1.29, 1.82) is 0 Å². The minimum atomic E-state index is -1.00. The number of likely N-dealkylation sites (tertiary alicyclic amines) is 1. The molecule has 0 aliphatic carbocycles. The summed E-state index contributed by atoms with van der Waals surface area (Å²) in [6.07, 6.45) is 4.96. The molecule has 1 aliphatic rings. The summed E-state index contributed by atoms with van der Waals surface area (Å²) in [6.45, 7) is 4.38. The molecule has 2 amide bonds. The van der Waals surface area contributed by atoms with Gasteiger partial charge >= 0.3 is 5.97 Å². The predicted octanol–water partition coefficient (Wildman–Crippen LogP) is 2.96. The van der Waals surface area contributed by atoms with Crippen LogP contribution in [0.1, 0.15) is 51.5 Å². The van der Waals surface area contributed by atoms with Gasteiger partial charge in [0.2, 0.25) is 11.8 Å².